The van der Waals surface area contributed by atoms with Gasteiger partial charge in [0, 0.05) is 33.1 Å². The number of halogens is 2. The summed E-state index contributed by atoms with van der Waals surface area (Å²) in [6.45, 7) is 0. The lowest BCUT2D eigenvalue weighted by molar-refractivity contribution is 0.575. The maximum atomic E-state index is 6.34. The van der Waals surface area contributed by atoms with Crippen LogP contribution in [0.15, 0.2) is 54.7 Å². The van der Waals surface area contributed by atoms with Crippen LogP contribution in [0.2, 0.25) is 10.0 Å². The SMILES string of the molecule is Clc1ccc2c(c1)N[C@H](c1ccccc1Cl)n1nccc1-2. The Morgan fingerprint density at radius 2 is 1.90 bits per heavy atom. The summed E-state index contributed by atoms with van der Waals surface area (Å²) in [4.78, 5) is 0. The Morgan fingerprint density at radius 1 is 1.05 bits per heavy atom. The summed E-state index contributed by atoms with van der Waals surface area (Å²) < 4.78 is 1.94. The van der Waals surface area contributed by atoms with E-state index in [2.05, 4.69) is 10.4 Å². The highest BCUT2D eigenvalue weighted by atomic mass is 35.5. The van der Waals surface area contributed by atoms with Crippen LogP contribution in [0.5, 0.6) is 0 Å². The van der Waals surface area contributed by atoms with E-state index in [9.17, 15) is 0 Å². The zero-order chi connectivity index (χ0) is 14.4. The topological polar surface area (TPSA) is 29.9 Å². The average molecular weight is 316 g/mol. The van der Waals surface area contributed by atoms with E-state index in [1.807, 2.05) is 53.2 Å². The van der Waals surface area contributed by atoms with E-state index < -0.39 is 0 Å². The van der Waals surface area contributed by atoms with Gasteiger partial charge in [0.15, 0.2) is 0 Å². The van der Waals surface area contributed by atoms with E-state index in [0.717, 1.165) is 22.5 Å². The van der Waals surface area contributed by atoms with Crippen LogP contribution in [-0.2, 0) is 0 Å². The van der Waals surface area contributed by atoms with Gasteiger partial charge >= 0.3 is 0 Å². The molecule has 3 nitrogen and oxygen atoms in total. The number of nitrogens with zero attached hydrogens (tertiary/aromatic N) is 2. The van der Waals surface area contributed by atoms with E-state index in [-0.39, 0.29) is 6.17 Å². The second-order valence-electron chi connectivity index (χ2n) is 4.92. The molecule has 1 aromatic heterocycles. The summed E-state index contributed by atoms with van der Waals surface area (Å²) in [6.07, 6.45) is 1.65. The predicted molar refractivity (Wildman–Crippen MR) is 85.9 cm³/mol. The molecule has 1 atom stereocenters. The Kier molecular flexibility index (Phi) is 2.91. The van der Waals surface area contributed by atoms with Crippen molar-refractivity contribution in [2.24, 2.45) is 0 Å². The summed E-state index contributed by atoms with van der Waals surface area (Å²) in [6, 6.07) is 15.6. The molecular formula is C16H11Cl2N3. The molecule has 0 spiro atoms. The van der Waals surface area contributed by atoms with Gasteiger partial charge in [-0.1, -0.05) is 41.4 Å². The lowest BCUT2D eigenvalue weighted by Gasteiger charge is -2.29. The molecule has 4 rings (SSSR count). The summed E-state index contributed by atoms with van der Waals surface area (Å²) in [5.41, 5.74) is 4.10. The van der Waals surface area contributed by atoms with Crippen LogP contribution in [0, 0.1) is 0 Å². The molecular weight excluding hydrogens is 305 g/mol. The molecule has 1 N–H and O–H groups in total. The number of rotatable bonds is 1. The minimum absolute atomic E-state index is 0.144. The van der Waals surface area contributed by atoms with Crippen molar-refractivity contribution in [2.45, 2.75) is 6.17 Å². The maximum Gasteiger partial charge on any atom is 0.148 e. The van der Waals surface area contributed by atoms with Gasteiger partial charge in [0.1, 0.15) is 6.17 Å². The van der Waals surface area contributed by atoms with Gasteiger partial charge in [-0.25, -0.2) is 4.68 Å². The number of benzene rings is 2. The third kappa shape index (κ3) is 2.01. The van der Waals surface area contributed by atoms with Gasteiger partial charge in [-0.2, -0.15) is 5.10 Å². The van der Waals surface area contributed by atoms with Gasteiger partial charge < -0.3 is 5.32 Å². The summed E-state index contributed by atoms with van der Waals surface area (Å²) in [5.74, 6) is 0. The maximum absolute atomic E-state index is 6.34. The minimum atomic E-state index is -0.144. The van der Waals surface area contributed by atoms with E-state index in [1.165, 1.54) is 0 Å². The van der Waals surface area contributed by atoms with Gasteiger partial charge in [0.25, 0.3) is 0 Å². The number of anilines is 1. The molecule has 21 heavy (non-hydrogen) atoms. The van der Waals surface area contributed by atoms with Gasteiger partial charge in [0.05, 0.1) is 5.69 Å². The summed E-state index contributed by atoms with van der Waals surface area (Å²) >= 11 is 12.5. The molecule has 0 fully saturated rings. The fourth-order valence-electron chi connectivity index (χ4n) is 2.71. The fourth-order valence-corrected chi connectivity index (χ4v) is 3.12. The molecule has 0 bridgehead atoms. The number of nitrogens with one attached hydrogen (secondary N) is 1. The van der Waals surface area contributed by atoms with Crippen molar-refractivity contribution in [3.63, 3.8) is 0 Å². The van der Waals surface area contributed by atoms with E-state index in [0.29, 0.717) is 10.0 Å². The van der Waals surface area contributed by atoms with Gasteiger partial charge in [-0.05, 0) is 30.3 Å². The Bertz CT molecular complexity index is 826. The van der Waals surface area contributed by atoms with Crippen LogP contribution in [0.4, 0.5) is 5.69 Å². The van der Waals surface area contributed by atoms with E-state index >= 15 is 0 Å². The number of hydrogen-bond acceptors (Lipinski definition) is 2. The molecule has 0 saturated carbocycles. The first-order valence-electron chi connectivity index (χ1n) is 6.58. The van der Waals surface area contributed by atoms with Crippen LogP contribution in [0.3, 0.4) is 0 Å². The highest BCUT2D eigenvalue weighted by Gasteiger charge is 2.26. The van der Waals surface area contributed by atoms with Crippen molar-refractivity contribution in [3.05, 3.63) is 70.3 Å². The third-order valence-corrected chi connectivity index (χ3v) is 4.24. The van der Waals surface area contributed by atoms with Crippen LogP contribution in [0.25, 0.3) is 11.3 Å². The smallest absolute Gasteiger partial charge is 0.148 e. The normalized spacial score (nSPS) is 16.0. The standard InChI is InChI=1S/C16H11Cl2N3/c17-10-5-6-12-14(9-10)20-16(21-15(12)7-8-19-21)11-3-1-2-4-13(11)18/h1-9,16,20H/t16-/m0/s1. The van der Waals surface area contributed by atoms with Crippen molar-refractivity contribution in [1.82, 2.24) is 9.78 Å². The van der Waals surface area contributed by atoms with Crippen LogP contribution in [-0.4, -0.2) is 9.78 Å². The molecule has 5 heteroatoms. The largest absolute Gasteiger partial charge is 0.359 e. The highest BCUT2D eigenvalue weighted by Crippen LogP contribution is 2.40. The number of fused-ring (bicyclic) bond motifs is 3. The van der Waals surface area contributed by atoms with Crippen molar-refractivity contribution >= 4 is 28.9 Å². The zero-order valence-electron chi connectivity index (χ0n) is 10.9. The van der Waals surface area contributed by atoms with Gasteiger partial charge in [-0.15, -0.1) is 0 Å². The highest BCUT2D eigenvalue weighted by molar-refractivity contribution is 6.31. The molecule has 1 aliphatic rings. The van der Waals surface area contributed by atoms with E-state index in [1.54, 1.807) is 6.20 Å². The van der Waals surface area contributed by atoms with Crippen LogP contribution >= 0.6 is 23.2 Å². The lowest BCUT2D eigenvalue weighted by Crippen LogP contribution is -2.25. The predicted octanol–water partition coefficient (Wildman–Crippen LogP) is 4.83. The Hall–Kier alpha value is -1.97. The molecule has 2 heterocycles. The molecule has 0 aliphatic carbocycles. The van der Waals surface area contributed by atoms with Gasteiger partial charge in [-0.3, -0.25) is 0 Å². The summed E-state index contributed by atoms with van der Waals surface area (Å²) in [5, 5.41) is 9.32. The fraction of sp³-hybridized carbons (Fsp3) is 0.0625. The first-order chi connectivity index (χ1) is 10.2. The first-order valence-corrected chi connectivity index (χ1v) is 7.34. The third-order valence-electron chi connectivity index (χ3n) is 3.66. The van der Waals surface area contributed by atoms with Crippen molar-refractivity contribution in [1.29, 1.82) is 0 Å². The lowest BCUT2D eigenvalue weighted by atomic mass is 10.0. The Labute approximate surface area is 132 Å². The number of hydrogen-bond donors (Lipinski definition) is 1. The Morgan fingerprint density at radius 3 is 2.76 bits per heavy atom. The molecule has 0 radical (unpaired) electrons. The molecule has 3 aromatic rings. The van der Waals surface area contributed by atoms with Crippen LogP contribution < -0.4 is 5.32 Å². The Balaban J connectivity index is 1.92. The second-order valence-corrected chi connectivity index (χ2v) is 5.76. The molecule has 2 aromatic carbocycles. The van der Waals surface area contributed by atoms with Crippen LogP contribution in [0.1, 0.15) is 11.7 Å². The minimum Gasteiger partial charge on any atom is -0.359 e. The van der Waals surface area contributed by atoms with Crippen molar-refractivity contribution < 1.29 is 0 Å². The van der Waals surface area contributed by atoms with Crippen molar-refractivity contribution in [3.8, 4) is 11.3 Å². The first kappa shape index (κ1) is 12.7. The number of aromatic nitrogens is 2. The zero-order valence-corrected chi connectivity index (χ0v) is 12.4. The van der Waals surface area contributed by atoms with Gasteiger partial charge in [0.2, 0.25) is 0 Å². The molecule has 0 saturated heterocycles. The molecule has 1 aliphatic heterocycles. The molecule has 0 unspecified atom stereocenters. The monoisotopic (exact) mass is 315 g/mol. The molecule has 0 amide bonds. The summed E-state index contributed by atoms with van der Waals surface area (Å²) in [7, 11) is 0. The van der Waals surface area contributed by atoms with Crippen molar-refractivity contribution in [2.75, 3.05) is 5.32 Å². The molecule has 104 valence electrons. The second kappa shape index (κ2) is 4.79. The van der Waals surface area contributed by atoms with E-state index in [4.69, 9.17) is 23.2 Å². The quantitative estimate of drug-likeness (QED) is 0.697. The average Bonchev–Trinajstić information content (AvgIpc) is 2.96.